The highest BCUT2D eigenvalue weighted by atomic mass is 16.7. The van der Waals surface area contributed by atoms with Crippen LogP contribution in [0.1, 0.15) is 11.9 Å². The fourth-order valence-corrected chi connectivity index (χ4v) is 2.45. The molecule has 1 heterocycles. The van der Waals surface area contributed by atoms with Gasteiger partial charge in [-0.25, -0.2) is 0 Å². The Hall–Kier alpha value is -1.46. The van der Waals surface area contributed by atoms with Gasteiger partial charge in [0.1, 0.15) is 12.2 Å². The molecular weight excluding hydrogens is 244 g/mol. The van der Waals surface area contributed by atoms with Gasteiger partial charge in [0.15, 0.2) is 6.29 Å². The lowest BCUT2D eigenvalue weighted by Gasteiger charge is -2.13. The Balaban J connectivity index is 1.97. The SMILES string of the molecule is OCC1OC(c2cccc3ccccc23)OC1CO. The van der Waals surface area contributed by atoms with E-state index in [1.165, 1.54) is 0 Å². The van der Waals surface area contributed by atoms with E-state index in [9.17, 15) is 10.2 Å². The highest BCUT2D eigenvalue weighted by Crippen LogP contribution is 2.34. The minimum atomic E-state index is -0.541. The average Bonchev–Trinajstić information content (AvgIpc) is 2.89. The number of ether oxygens (including phenoxy) is 2. The molecule has 1 saturated heterocycles. The van der Waals surface area contributed by atoms with Gasteiger partial charge in [-0.2, -0.15) is 0 Å². The van der Waals surface area contributed by atoms with Crippen molar-refractivity contribution in [2.75, 3.05) is 13.2 Å². The molecule has 2 aromatic carbocycles. The zero-order valence-corrected chi connectivity index (χ0v) is 10.4. The van der Waals surface area contributed by atoms with Gasteiger partial charge in [-0.05, 0) is 10.8 Å². The van der Waals surface area contributed by atoms with Crippen molar-refractivity contribution in [2.24, 2.45) is 0 Å². The van der Waals surface area contributed by atoms with Gasteiger partial charge in [-0.3, -0.25) is 0 Å². The molecule has 2 atom stereocenters. The average molecular weight is 260 g/mol. The van der Waals surface area contributed by atoms with Crippen molar-refractivity contribution in [3.05, 3.63) is 48.0 Å². The Labute approximate surface area is 111 Å². The summed E-state index contributed by atoms with van der Waals surface area (Å²) in [5, 5.41) is 20.6. The van der Waals surface area contributed by atoms with E-state index in [2.05, 4.69) is 0 Å². The Kier molecular flexibility index (Phi) is 3.48. The molecule has 4 heteroatoms. The fourth-order valence-electron chi connectivity index (χ4n) is 2.45. The topological polar surface area (TPSA) is 58.9 Å². The van der Waals surface area contributed by atoms with Gasteiger partial charge in [0.2, 0.25) is 0 Å². The van der Waals surface area contributed by atoms with Crippen molar-refractivity contribution >= 4 is 10.8 Å². The second kappa shape index (κ2) is 5.27. The van der Waals surface area contributed by atoms with E-state index in [-0.39, 0.29) is 13.2 Å². The summed E-state index contributed by atoms with van der Waals surface area (Å²) in [5.41, 5.74) is 0.924. The highest BCUT2D eigenvalue weighted by Gasteiger charge is 2.36. The first kappa shape index (κ1) is 12.6. The summed E-state index contributed by atoms with van der Waals surface area (Å²) in [6.45, 7) is -0.320. The second-order valence-corrected chi connectivity index (χ2v) is 4.61. The van der Waals surface area contributed by atoms with Gasteiger partial charge in [0.05, 0.1) is 13.2 Å². The molecule has 19 heavy (non-hydrogen) atoms. The molecule has 0 spiro atoms. The molecule has 0 saturated carbocycles. The molecule has 2 unspecified atom stereocenters. The normalized spacial score (nSPS) is 26.9. The summed E-state index contributed by atoms with van der Waals surface area (Å²) >= 11 is 0. The largest absolute Gasteiger partial charge is 0.394 e. The van der Waals surface area contributed by atoms with Crippen LogP contribution in [0.4, 0.5) is 0 Å². The molecule has 100 valence electrons. The fraction of sp³-hybridized carbons (Fsp3) is 0.333. The number of fused-ring (bicyclic) bond motifs is 1. The van der Waals surface area contributed by atoms with Gasteiger partial charge in [-0.15, -0.1) is 0 Å². The van der Waals surface area contributed by atoms with Crippen molar-refractivity contribution in [1.82, 2.24) is 0 Å². The summed E-state index contributed by atoms with van der Waals surface area (Å²) in [4.78, 5) is 0. The molecule has 0 bridgehead atoms. The molecule has 4 nitrogen and oxygen atoms in total. The molecule has 1 aliphatic heterocycles. The monoisotopic (exact) mass is 260 g/mol. The first-order valence-electron chi connectivity index (χ1n) is 6.34. The zero-order valence-electron chi connectivity index (χ0n) is 10.4. The van der Waals surface area contributed by atoms with E-state index < -0.39 is 18.5 Å². The van der Waals surface area contributed by atoms with Crippen LogP contribution in [0.25, 0.3) is 10.8 Å². The third-order valence-corrected chi connectivity index (χ3v) is 3.45. The van der Waals surface area contributed by atoms with Crippen LogP contribution in [0.3, 0.4) is 0 Å². The quantitative estimate of drug-likeness (QED) is 0.880. The molecule has 3 rings (SSSR count). The number of benzene rings is 2. The first-order chi connectivity index (χ1) is 9.33. The van der Waals surface area contributed by atoms with Crippen LogP contribution >= 0.6 is 0 Å². The Morgan fingerprint density at radius 3 is 2.16 bits per heavy atom. The van der Waals surface area contributed by atoms with E-state index >= 15 is 0 Å². The van der Waals surface area contributed by atoms with E-state index in [1.807, 2.05) is 42.5 Å². The minimum Gasteiger partial charge on any atom is -0.394 e. The Bertz CT molecular complexity index is 552. The molecule has 1 aliphatic rings. The summed E-state index contributed by atoms with van der Waals surface area (Å²) < 4.78 is 11.4. The Morgan fingerprint density at radius 2 is 1.47 bits per heavy atom. The number of hydrogen-bond acceptors (Lipinski definition) is 4. The van der Waals surface area contributed by atoms with Gasteiger partial charge in [0.25, 0.3) is 0 Å². The zero-order chi connectivity index (χ0) is 13.2. The second-order valence-electron chi connectivity index (χ2n) is 4.61. The molecule has 1 fully saturated rings. The van der Waals surface area contributed by atoms with Crippen LogP contribution in [-0.2, 0) is 9.47 Å². The maximum absolute atomic E-state index is 9.23. The number of aliphatic hydroxyl groups excluding tert-OH is 2. The van der Waals surface area contributed by atoms with Crippen LogP contribution < -0.4 is 0 Å². The van der Waals surface area contributed by atoms with Crippen molar-refractivity contribution in [1.29, 1.82) is 0 Å². The summed E-state index contributed by atoms with van der Waals surface area (Å²) in [5.74, 6) is 0. The van der Waals surface area contributed by atoms with E-state index in [4.69, 9.17) is 9.47 Å². The van der Waals surface area contributed by atoms with Crippen LogP contribution in [-0.4, -0.2) is 35.6 Å². The molecule has 2 aromatic rings. The summed E-state index contributed by atoms with van der Waals surface area (Å²) in [7, 11) is 0. The molecule has 0 amide bonds. The lowest BCUT2D eigenvalue weighted by molar-refractivity contribution is -0.0760. The van der Waals surface area contributed by atoms with Crippen molar-refractivity contribution in [2.45, 2.75) is 18.5 Å². The van der Waals surface area contributed by atoms with Crippen molar-refractivity contribution < 1.29 is 19.7 Å². The maximum atomic E-state index is 9.23. The Morgan fingerprint density at radius 1 is 0.842 bits per heavy atom. The first-order valence-corrected chi connectivity index (χ1v) is 6.34. The number of aliphatic hydroxyl groups is 2. The van der Waals surface area contributed by atoms with E-state index in [1.54, 1.807) is 0 Å². The third kappa shape index (κ3) is 2.24. The van der Waals surface area contributed by atoms with Crippen LogP contribution in [0.5, 0.6) is 0 Å². The minimum absolute atomic E-state index is 0.160. The van der Waals surface area contributed by atoms with E-state index in [0.717, 1.165) is 16.3 Å². The predicted octanol–water partition coefficient (Wildman–Crippen LogP) is 1.61. The summed E-state index contributed by atoms with van der Waals surface area (Å²) in [6.07, 6.45) is -1.50. The van der Waals surface area contributed by atoms with Gasteiger partial charge >= 0.3 is 0 Å². The predicted molar refractivity (Wildman–Crippen MR) is 70.6 cm³/mol. The number of hydrogen-bond donors (Lipinski definition) is 2. The van der Waals surface area contributed by atoms with Crippen LogP contribution in [0.2, 0.25) is 0 Å². The smallest absolute Gasteiger partial charge is 0.185 e. The lowest BCUT2D eigenvalue weighted by atomic mass is 10.0. The molecule has 0 aliphatic carbocycles. The van der Waals surface area contributed by atoms with Gasteiger partial charge in [-0.1, -0.05) is 42.5 Å². The standard InChI is InChI=1S/C15H16O4/c16-8-13-14(9-17)19-15(18-13)12-7-3-5-10-4-1-2-6-11(10)12/h1-7,13-17H,8-9H2. The molecule has 2 N–H and O–H groups in total. The molecule has 0 radical (unpaired) electrons. The van der Waals surface area contributed by atoms with Crippen LogP contribution in [0, 0.1) is 0 Å². The molecular formula is C15H16O4. The highest BCUT2D eigenvalue weighted by molar-refractivity contribution is 5.85. The lowest BCUT2D eigenvalue weighted by Crippen LogP contribution is -2.29. The van der Waals surface area contributed by atoms with Crippen molar-refractivity contribution in [3.8, 4) is 0 Å². The van der Waals surface area contributed by atoms with Gasteiger partial charge < -0.3 is 19.7 Å². The van der Waals surface area contributed by atoms with Crippen LogP contribution in [0.15, 0.2) is 42.5 Å². The third-order valence-electron chi connectivity index (χ3n) is 3.45. The van der Waals surface area contributed by atoms with Crippen molar-refractivity contribution in [3.63, 3.8) is 0 Å². The van der Waals surface area contributed by atoms with Gasteiger partial charge in [0, 0.05) is 5.56 Å². The van der Waals surface area contributed by atoms with E-state index in [0.29, 0.717) is 0 Å². The summed E-state index contributed by atoms with van der Waals surface area (Å²) in [6, 6.07) is 13.9. The molecule has 0 aromatic heterocycles. The maximum Gasteiger partial charge on any atom is 0.185 e. The number of rotatable bonds is 3.